The number of hydrogen-bond donors (Lipinski definition) is 0. The van der Waals surface area contributed by atoms with Gasteiger partial charge in [0.1, 0.15) is 0 Å². The molecule has 15 heteroatoms. The van der Waals surface area contributed by atoms with E-state index in [2.05, 4.69) is 13.3 Å². The van der Waals surface area contributed by atoms with Gasteiger partial charge in [0.2, 0.25) is 0 Å². The zero-order valence-corrected chi connectivity index (χ0v) is 15.5. The molecule has 0 radical (unpaired) electrons. The molecule has 0 aliphatic carbocycles. The molecule has 0 N–H and O–H groups in total. The van der Waals surface area contributed by atoms with Crippen molar-refractivity contribution in [1.29, 1.82) is 0 Å². The zero-order chi connectivity index (χ0) is 21.2. The van der Waals surface area contributed by atoms with Crippen LogP contribution in [0, 0.1) is 0 Å². The Morgan fingerprint density at radius 2 is 1.35 bits per heavy atom. The molecule has 0 aliphatic heterocycles. The van der Waals surface area contributed by atoms with E-state index in [1.165, 1.54) is 0 Å². The van der Waals surface area contributed by atoms with Crippen molar-refractivity contribution in [1.82, 2.24) is 0 Å². The van der Waals surface area contributed by atoms with Crippen LogP contribution in [0.3, 0.4) is 0 Å². The maximum absolute atomic E-state index is 14.1. The molecule has 26 heavy (non-hydrogen) atoms. The molecular weight excluding hydrogens is 427 g/mol. The molecule has 0 spiro atoms. The third-order valence-corrected chi connectivity index (χ3v) is 6.86. The van der Waals surface area contributed by atoms with E-state index in [9.17, 15) is 44.3 Å². The number of halogens is 9. The molecule has 0 aromatic carbocycles. The minimum atomic E-state index is -6.43. The van der Waals surface area contributed by atoms with Crippen molar-refractivity contribution in [2.24, 2.45) is 0 Å². The van der Waals surface area contributed by atoms with Crippen LogP contribution in [0.2, 0.25) is 0 Å². The van der Waals surface area contributed by atoms with Gasteiger partial charge >= 0.3 is 31.4 Å². The van der Waals surface area contributed by atoms with Gasteiger partial charge in [-0.1, -0.05) is 6.92 Å². The zero-order valence-electron chi connectivity index (χ0n) is 13.7. The van der Waals surface area contributed by atoms with E-state index in [-0.39, 0.29) is 0 Å². The van der Waals surface area contributed by atoms with Crippen molar-refractivity contribution in [3.63, 3.8) is 0 Å². The molecular formula is C11H15F9O4SSi. The third kappa shape index (κ3) is 4.00. The lowest BCUT2D eigenvalue weighted by Crippen LogP contribution is -2.70. The van der Waals surface area contributed by atoms with E-state index in [0.717, 1.165) is 6.92 Å². The highest BCUT2D eigenvalue weighted by Gasteiger charge is 2.84. The van der Waals surface area contributed by atoms with Crippen LogP contribution >= 0.6 is 11.8 Å². The number of rotatable bonds is 10. The van der Waals surface area contributed by atoms with Crippen molar-refractivity contribution in [3.05, 3.63) is 0 Å². The Morgan fingerprint density at radius 1 is 0.962 bits per heavy atom. The molecule has 0 amide bonds. The Labute approximate surface area is 147 Å². The largest absolute Gasteiger partial charge is 0.581 e. The second-order valence-electron chi connectivity index (χ2n) is 4.72. The molecule has 1 unspecified atom stereocenters. The minimum Gasteiger partial charge on any atom is -0.373 e. The van der Waals surface area contributed by atoms with E-state index in [4.69, 9.17) is 0 Å². The molecule has 0 rings (SSSR count). The molecule has 0 aromatic heterocycles. The van der Waals surface area contributed by atoms with Gasteiger partial charge in [-0.15, -0.1) is 0 Å². The van der Waals surface area contributed by atoms with Crippen LogP contribution in [0.1, 0.15) is 13.3 Å². The van der Waals surface area contributed by atoms with Gasteiger partial charge in [0.15, 0.2) is 6.17 Å². The highest BCUT2D eigenvalue weighted by molar-refractivity contribution is 8.14. The molecule has 0 saturated heterocycles. The highest BCUT2D eigenvalue weighted by Crippen LogP contribution is 2.55. The van der Waals surface area contributed by atoms with Crippen LogP contribution < -0.4 is 0 Å². The normalized spacial score (nSPS) is 15.9. The molecule has 0 fully saturated rings. The maximum Gasteiger partial charge on any atom is 0.581 e. The van der Waals surface area contributed by atoms with Gasteiger partial charge in [-0.25, -0.2) is 4.39 Å². The topological polar surface area (TPSA) is 44.8 Å². The monoisotopic (exact) mass is 442 g/mol. The average Bonchev–Trinajstić information content (AvgIpc) is 2.54. The quantitative estimate of drug-likeness (QED) is 0.379. The summed E-state index contributed by atoms with van der Waals surface area (Å²) in [6.45, 7) is 0.827. The van der Waals surface area contributed by atoms with Crippen LogP contribution in [0.15, 0.2) is 0 Å². The molecule has 4 nitrogen and oxygen atoms in total. The van der Waals surface area contributed by atoms with Gasteiger partial charge in [0.05, 0.1) is 0 Å². The molecule has 1 atom stereocenters. The number of carbonyl (C=O) groups excluding carboxylic acids is 1. The first kappa shape index (κ1) is 25.5. The van der Waals surface area contributed by atoms with Gasteiger partial charge in [-0.3, -0.25) is 4.79 Å². The van der Waals surface area contributed by atoms with Crippen molar-refractivity contribution in [3.8, 4) is 0 Å². The lowest BCUT2D eigenvalue weighted by atomic mass is 10.2. The summed E-state index contributed by atoms with van der Waals surface area (Å²) in [6, 6.07) is 0. The number of alkyl halides is 9. The number of carbonyl (C=O) groups is 1. The van der Waals surface area contributed by atoms with Crippen molar-refractivity contribution < 1.29 is 57.6 Å². The highest BCUT2D eigenvalue weighted by atomic mass is 32.2. The van der Waals surface area contributed by atoms with Gasteiger partial charge in [0.25, 0.3) is 5.12 Å². The second kappa shape index (κ2) is 8.24. The van der Waals surface area contributed by atoms with Crippen LogP contribution in [-0.4, -0.2) is 64.1 Å². The maximum atomic E-state index is 14.1. The summed E-state index contributed by atoms with van der Waals surface area (Å²) in [4.78, 5) is 11.1. The summed E-state index contributed by atoms with van der Waals surface area (Å²) in [7, 11) is -4.51. The first-order valence-corrected chi connectivity index (χ1v) is 9.12. The van der Waals surface area contributed by atoms with E-state index in [0.29, 0.717) is 21.3 Å². The van der Waals surface area contributed by atoms with Gasteiger partial charge in [-0.2, -0.15) is 35.1 Å². The summed E-state index contributed by atoms with van der Waals surface area (Å²) in [5, 5.41) is -9.11. The molecule has 0 aliphatic rings. The van der Waals surface area contributed by atoms with Gasteiger partial charge in [0, 0.05) is 21.3 Å². The Morgan fingerprint density at radius 3 is 1.65 bits per heavy atom. The van der Waals surface area contributed by atoms with Gasteiger partial charge < -0.3 is 13.3 Å². The van der Waals surface area contributed by atoms with Crippen LogP contribution in [-0.2, 0) is 18.1 Å². The summed E-state index contributed by atoms with van der Waals surface area (Å²) in [6.07, 6.45) is -4.28. The first-order chi connectivity index (χ1) is 11.5. The summed E-state index contributed by atoms with van der Waals surface area (Å²) in [5.41, 5.74) is -5.83. The SMILES string of the molecule is CCC(F)C(F)(F)C(=O)SC(F)(F)C(F)(F)C(F)(F)[Si](OC)(OC)OC. The lowest BCUT2D eigenvalue weighted by Gasteiger charge is -2.38. The fraction of sp³-hybridized carbons (Fsp3) is 0.909. The standard InChI is InChI=1S/C11H15F9O4SSi/c1-5-6(12)8(13,14)7(21)25-10(17,18)9(15,16)11(19,20)26(22-2,23-3)24-4/h6H,5H2,1-4H3. The van der Waals surface area contributed by atoms with Crippen LogP contribution in [0.4, 0.5) is 39.5 Å². The minimum absolute atomic E-state index is 0.419. The molecule has 0 heterocycles. The van der Waals surface area contributed by atoms with Crippen molar-refractivity contribution in [2.75, 3.05) is 21.3 Å². The van der Waals surface area contributed by atoms with E-state index >= 15 is 0 Å². The third-order valence-electron chi connectivity index (χ3n) is 3.20. The molecule has 0 aromatic rings. The van der Waals surface area contributed by atoms with Crippen LogP contribution in [0.25, 0.3) is 0 Å². The van der Waals surface area contributed by atoms with Gasteiger partial charge in [-0.05, 0) is 18.2 Å². The first-order valence-electron chi connectivity index (χ1n) is 6.58. The Bertz CT molecular complexity index is 494. The second-order valence-corrected chi connectivity index (χ2v) is 8.78. The predicted molar refractivity (Wildman–Crippen MR) is 74.4 cm³/mol. The fourth-order valence-corrected chi connectivity index (χ4v) is 4.30. The average molecular weight is 442 g/mol. The molecule has 0 saturated carbocycles. The van der Waals surface area contributed by atoms with Crippen molar-refractivity contribution >= 4 is 25.7 Å². The molecule has 156 valence electrons. The van der Waals surface area contributed by atoms with Crippen molar-refractivity contribution in [2.45, 2.75) is 42.2 Å². The van der Waals surface area contributed by atoms with E-state index in [1.54, 1.807) is 0 Å². The fourth-order valence-electron chi connectivity index (χ4n) is 1.64. The predicted octanol–water partition coefficient (Wildman–Crippen LogP) is 3.91. The summed E-state index contributed by atoms with van der Waals surface area (Å²) >= 11 is -2.10. The Hall–Kier alpha value is -0.513. The summed E-state index contributed by atoms with van der Waals surface area (Å²) < 4.78 is 135. The van der Waals surface area contributed by atoms with E-state index in [1.807, 2.05) is 0 Å². The lowest BCUT2D eigenvalue weighted by molar-refractivity contribution is -0.263. The summed E-state index contributed by atoms with van der Waals surface area (Å²) in [5.74, 6) is -11.5. The van der Waals surface area contributed by atoms with E-state index < -0.39 is 60.9 Å². The Kier molecular flexibility index (Phi) is 8.08. The molecule has 0 bridgehead atoms. The van der Waals surface area contributed by atoms with Crippen LogP contribution in [0.5, 0.6) is 0 Å². The number of thioether (sulfide) groups is 1. The number of hydrogen-bond acceptors (Lipinski definition) is 5. The Balaban J connectivity index is 5.92. The smallest absolute Gasteiger partial charge is 0.373 e.